The second-order valence-electron chi connectivity index (χ2n) is 4.56. The molecule has 4 heteroatoms. The Hall–Kier alpha value is -1.16. The number of hydrogen-bond acceptors (Lipinski definition) is 3. The summed E-state index contributed by atoms with van der Waals surface area (Å²) in [4.78, 5) is 11.7. The highest BCUT2D eigenvalue weighted by molar-refractivity contribution is 5.94. The summed E-state index contributed by atoms with van der Waals surface area (Å²) >= 11 is 0. The van der Waals surface area contributed by atoms with E-state index in [1.54, 1.807) is 0 Å². The molecule has 80 valence electrons. The van der Waals surface area contributed by atoms with Gasteiger partial charge >= 0.3 is 0 Å². The van der Waals surface area contributed by atoms with Crippen molar-refractivity contribution >= 4 is 5.78 Å². The maximum atomic E-state index is 11.7. The molecule has 1 saturated carbocycles. The highest BCUT2D eigenvalue weighted by Gasteiger charge is 2.26. The number of ketones is 1. The summed E-state index contributed by atoms with van der Waals surface area (Å²) in [5, 5.41) is 7.53. The molecule has 0 spiro atoms. The molecule has 1 aromatic rings. The summed E-state index contributed by atoms with van der Waals surface area (Å²) in [6.07, 6.45) is 5.06. The zero-order valence-corrected chi connectivity index (χ0v) is 8.65. The summed E-state index contributed by atoms with van der Waals surface area (Å²) in [5.74, 6) is 0.858. The first-order chi connectivity index (χ1) is 7.33. The lowest BCUT2D eigenvalue weighted by molar-refractivity contribution is 0.0969. The normalized spacial score (nSPS) is 21.3. The number of aromatic nitrogens is 2. The van der Waals surface area contributed by atoms with E-state index in [-0.39, 0.29) is 5.78 Å². The number of rotatable bonds is 4. The zero-order valence-electron chi connectivity index (χ0n) is 8.65. The van der Waals surface area contributed by atoms with E-state index in [1.807, 2.05) is 16.9 Å². The summed E-state index contributed by atoms with van der Waals surface area (Å²) in [7, 11) is 0. The van der Waals surface area contributed by atoms with Crippen molar-refractivity contribution in [2.75, 3.05) is 13.1 Å². The van der Waals surface area contributed by atoms with Gasteiger partial charge in [0.05, 0.1) is 6.04 Å². The number of nitrogens with one attached hydrogen (secondary N) is 1. The Morgan fingerprint density at radius 1 is 1.53 bits per heavy atom. The van der Waals surface area contributed by atoms with E-state index in [2.05, 4.69) is 10.4 Å². The van der Waals surface area contributed by atoms with Gasteiger partial charge in [-0.05, 0) is 24.8 Å². The molecule has 4 nitrogen and oxygen atoms in total. The van der Waals surface area contributed by atoms with Gasteiger partial charge in [0.1, 0.15) is 5.69 Å². The Kier molecular flexibility index (Phi) is 2.09. The average Bonchev–Trinajstić information content (AvgIpc) is 2.79. The van der Waals surface area contributed by atoms with Crippen molar-refractivity contribution in [3.05, 3.63) is 18.0 Å². The van der Waals surface area contributed by atoms with Crippen LogP contribution in [0, 0.1) is 5.92 Å². The van der Waals surface area contributed by atoms with Crippen LogP contribution in [0.4, 0.5) is 0 Å². The molecule has 1 aliphatic heterocycles. The standard InChI is InChI=1S/C11H15N3O/c15-11(5-8-1-2-8)10-3-4-14(13-10)9-6-12-7-9/h3-4,8-9,12H,1-2,5-7H2. The van der Waals surface area contributed by atoms with Crippen molar-refractivity contribution in [2.45, 2.75) is 25.3 Å². The minimum absolute atomic E-state index is 0.212. The van der Waals surface area contributed by atoms with Gasteiger partial charge in [-0.15, -0.1) is 0 Å². The molecule has 2 fully saturated rings. The monoisotopic (exact) mass is 205 g/mol. The van der Waals surface area contributed by atoms with Crippen LogP contribution in [-0.2, 0) is 0 Å². The molecule has 1 aromatic heterocycles. The topological polar surface area (TPSA) is 46.9 Å². The predicted octanol–water partition coefficient (Wildman–Crippen LogP) is 1.01. The Morgan fingerprint density at radius 2 is 2.33 bits per heavy atom. The summed E-state index contributed by atoms with van der Waals surface area (Å²) in [5.41, 5.74) is 0.647. The molecule has 2 heterocycles. The van der Waals surface area contributed by atoms with Gasteiger partial charge in [-0.1, -0.05) is 0 Å². The first kappa shape index (κ1) is 9.09. The van der Waals surface area contributed by atoms with Crippen molar-refractivity contribution in [2.24, 2.45) is 5.92 Å². The fraction of sp³-hybridized carbons (Fsp3) is 0.636. The van der Waals surface area contributed by atoms with Crippen molar-refractivity contribution in [1.29, 1.82) is 0 Å². The number of Topliss-reactive ketones (excluding diaryl/α,β-unsaturated/α-hetero) is 1. The van der Waals surface area contributed by atoms with E-state index >= 15 is 0 Å². The molecule has 1 aliphatic carbocycles. The lowest BCUT2D eigenvalue weighted by Gasteiger charge is -2.27. The Balaban J connectivity index is 1.68. The third-order valence-electron chi connectivity index (χ3n) is 3.20. The van der Waals surface area contributed by atoms with E-state index in [0.717, 1.165) is 13.1 Å². The third-order valence-corrected chi connectivity index (χ3v) is 3.20. The maximum Gasteiger partial charge on any atom is 0.183 e. The molecule has 15 heavy (non-hydrogen) atoms. The van der Waals surface area contributed by atoms with E-state index < -0.39 is 0 Å². The van der Waals surface area contributed by atoms with Crippen LogP contribution in [-0.4, -0.2) is 28.7 Å². The van der Waals surface area contributed by atoms with Gasteiger partial charge in [0.25, 0.3) is 0 Å². The average molecular weight is 205 g/mol. The maximum absolute atomic E-state index is 11.7. The molecular formula is C11H15N3O. The first-order valence-corrected chi connectivity index (χ1v) is 5.62. The SMILES string of the molecule is O=C(CC1CC1)c1ccn(C2CNC2)n1. The van der Waals surface area contributed by atoms with Crippen molar-refractivity contribution in [3.8, 4) is 0 Å². The van der Waals surface area contributed by atoms with E-state index in [9.17, 15) is 4.79 Å². The number of carbonyl (C=O) groups is 1. The van der Waals surface area contributed by atoms with Gasteiger partial charge in [-0.3, -0.25) is 9.48 Å². The molecular weight excluding hydrogens is 190 g/mol. The van der Waals surface area contributed by atoms with Gasteiger partial charge in [0, 0.05) is 25.7 Å². The molecule has 0 unspecified atom stereocenters. The molecule has 1 N–H and O–H groups in total. The molecule has 3 rings (SSSR count). The lowest BCUT2D eigenvalue weighted by Crippen LogP contribution is -2.43. The number of hydrogen-bond donors (Lipinski definition) is 1. The van der Waals surface area contributed by atoms with Crippen LogP contribution >= 0.6 is 0 Å². The molecule has 1 saturated heterocycles. The largest absolute Gasteiger partial charge is 0.312 e. The van der Waals surface area contributed by atoms with Crippen LogP contribution in [0.15, 0.2) is 12.3 Å². The quantitative estimate of drug-likeness (QED) is 0.746. The second kappa shape index (κ2) is 3.45. The van der Waals surface area contributed by atoms with E-state index in [0.29, 0.717) is 24.1 Å². The van der Waals surface area contributed by atoms with Crippen LogP contribution in [0.25, 0.3) is 0 Å². The lowest BCUT2D eigenvalue weighted by atomic mass is 10.1. The fourth-order valence-corrected chi connectivity index (χ4v) is 1.84. The molecule has 0 aromatic carbocycles. The minimum atomic E-state index is 0.212. The fourth-order valence-electron chi connectivity index (χ4n) is 1.84. The van der Waals surface area contributed by atoms with Crippen LogP contribution in [0.2, 0.25) is 0 Å². The Labute approximate surface area is 88.7 Å². The van der Waals surface area contributed by atoms with Gasteiger partial charge < -0.3 is 5.32 Å². The van der Waals surface area contributed by atoms with E-state index in [4.69, 9.17) is 0 Å². The van der Waals surface area contributed by atoms with Gasteiger partial charge in [-0.25, -0.2) is 0 Å². The predicted molar refractivity (Wildman–Crippen MR) is 55.8 cm³/mol. The molecule has 0 atom stereocenters. The van der Waals surface area contributed by atoms with Crippen molar-refractivity contribution < 1.29 is 4.79 Å². The smallest absolute Gasteiger partial charge is 0.183 e. The van der Waals surface area contributed by atoms with Crippen molar-refractivity contribution in [3.63, 3.8) is 0 Å². The third kappa shape index (κ3) is 1.81. The first-order valence-electron chi connectivity index (χ1n) is 5.62. The Morgan fingerprint density at radius 3 is 2.93 bits per heavy atom. The van der Waals surface area contributed by atoms with Gasteiger partial charge in [0.2, 0.25) is 0 Å². The van der Waals surface area contributed by atoms with Crippen LogP contribution in [0.1, 0.15) is 35.8 Å². The Bertz CT molecular complexity index is 377. The van der Waals surface area contributed by atoms with E-state index in [1.165, 1.54) is 12.8 Å². The summed E-state index contributed by atoms with van der Waals surface area (Å²) in [6, 6.07) is 2.30. The second-order valence-corrected chi connectivity index (χ2v) is 4.56. The van der Waals surface area contributed by atoms with Crippen LogP contribution < -0.4 is 5.32 Å². The molecule has 2 aliphatic rings. The number of nitrogens with zero attached hydrogens (tertiary/aromatic N) is 2. The summed E-state index contributed by atoms with van der Waals surface area (Å²) in [6.45, 7) is 1.94. The van der Waals surface area contributed by atoms with Gasteiger partial charge in [-0.2, -0.15) is 5.10 Å². The zero-order chi connectivity index (χ0) is 10.3. The molecule has 0 radical (unpaired) electrons. The highest BCUT2D eigenvalue weighted by atomic mass is 16.1. The number of carbonyl (C=O) groups excluding carboxylic acids is 1. The van der Waals surface area contributed by atoms with Gasteiger partial charge in [0.15, 0.2) is 5.78 Å². The summed E-state index contributed by atoms with van der Waals surface area (Å²) < 4.78 is 1.91. The van der Waals surface area contributed by atoms with Crippen molar-refractivity contribution in [1.82, 2.24) is 15.1 Å². The minimum Gasteiger partial charge on any atom is -0.312 e. The molecule has 0 bridgehead atoms. The van der Waals surface area contributed by atoms with Crippen LogP contribution in [0.5, 0.6) is 0 Å². The highest BCUT2D eigenvalue weighted by Crippen LogP contribution is 2.33. The van der Waals surface area contributed by atoms with Crippen LogP contribution in [0.3, 0.4) is 0 Å². The molecule has 0 amide bonds.